The van der Waals surface area contributed by atoms with E-state index in [4.69, 9.17) is 0 Å². The molecular formula is C12H19N2Re-. The first kappa shape index (κ1) is 16.8. The number of H-pyrrole nitrogens is 1. The van der Waals surface area contributed by atoms with Crippen molar-refractivity contribution in [2.45, 2.75) is 34.6 Å². The van der Waals surface area contributed by atoms with Crippen molar-refractivity contribution in [3.63, 3.8) is 0 Å². The number of nitrogens with one attached hydrogen (secondary N) is 1. The topological polar surface area (TPSA) is 28.7 Å². The Morgan fingerprint density at radius 3 is 2.33 bits per heavy atom. The Hall–Kier alpha value is -0.648. The van der Waals surface area contributed by atoms with Crippen LogP contribution in [0.1, 0.15) is 33.3 Å². The van der Waals surface area contributed by atoms with E-state index < -0.39 is 0 Å². The SMILES string of the molecule is CC.CC.Cc1ccc2[nH]n[c-]c2c1.[Re]. The van der Waals surface area contributed by atoms with Crippen LogP contribution in [-0.4, -0.2) is 10.2 Å². The summed E-state index contributed by atoms with van der Waals surface area (Å²) in [5.41, 5.74) is 2.29. The molecule has 0 unspecified atom stereocenters. The van der Waals surface area contributed by atoms with E-state index in [1.807, 2.05) is 39.8 Å². The van der Waals surface area contributed by atoms with Crippen molar-refractivity contribution in [2.24, 2.45) is 0 Å². The summed E-state index contributed by atoms with van der Waals surface area (Å²) < 4.78 is 0. The Labute approximate surface area is 106 Å². The van der Waals surface area contributed by atoms with E-state index in [2.05, 4.69) is 29.4 Å². The number of aromatic amines is 1. The maximum atomic E-state index is 3.79. The number of benzene rings is 1. The number of fused-ring (bicyclic) bond motifs is 1. The third kappa shape index (κ3) is 5.11. The smallest absolute Gasteiger partial charge is 0 e. The molecule has 1 radical (unpaired) electrons. The number of aryl methyl sites for hydroxylation is 1. The molecule has 0 amide bonds. The fourth-order valence-electron chi connectivity index (χ4n) is 0.996. The van der Waals surface area contributed by atoms with Crippen molar-refractivity contribution in [3.8, 4) is 0 Å². The van der Waals surface area contributed by atoms with E-state index >= 15 is 0 Å². The summed E-state index contributed by atoms with van der Waals surface area (Å²) in [7, 11) is 0. The Kier molecular flexibility index (Phi) is 11.1. The molecule has 15 heavy (non-hydrogen) atoms. The molecule has 1 aromatic heterocycles. The van der Waals surface area contributed by atoms with Crippen molar-refractivity contribution in [1.29, 1.82) is 0 Å². The van der Waals surface area contributed by atoms with Crippen molar-refractivity contribution < 1.29 is 20.4 Å². The first-order valence-corrected chi connectivity index (χ1v) is 5.19. The number of hydrogen-bond donors (Lipinski definition) is 1. The van der Waals surface area contributed by atoms with Crippen LogP contribution < -0.4 is 0 Å². The van der Waals surface area contributed by atoms with Crippen LogP contribution in [0, 0.1) is 13.1 Å². The summed E-state index contributed by atoms with van der Waals surface area (Å²) in [6, 6.07) is 6.11. The molecule has 0 bridgehead atoms. The molecule has 2 rings (SSSR count). The largest absolute Gasteiger partial charge is 0.344 e. The minimum atomic E-state index is 0. The maximum absolute atomic E-state index is 3.79. The normalized spacial score (nSPS) is 7.80. The zero-order valence-corrected chi connectivity index (χ0v) is 12.8. The van der Waals surface area contributed by atoms with Crippen LogP contribution in [-0.2, 0) is 20.4 Å². The summed E-state index contributed by atoms with van der Waals surface area (Å²) in [5.74, 6) is 0. The fraction of sp³-hybridized carbons (Fsp3) is 0.417. The van der Waals surface area contributed by atoms with E-state index in [9.17, 15) is 0 Å². The van der Waals surface area contributed by atoms with E-state index in [1.54, 1.807) is 0 Å². The van der Waals surface area contributed by atoms with Gasteiger partial charge in [0.25, 0.3) is 0 Å². The van der Waals surface area contributed by atoms with Gasteiger partial charge in [-0.3, -0.25) is 5.10 Å². The van der Waals surface area contributed by atoms with Gasteiger partial charge in [-0.1, -0.05) is 46.8 Å². The average molecular weight is 378 g/mol. The molecule has 85 valence electrons. The molecule has 1 N–H and O–H groups in total. The Morgan fingerprint density at radius 2 is 1.73 bits per heavy atom. The van der Waals surface area contributed by atoms with Gasteiger partial charge in [-0.15, -0.1) is 10.9 Å². The maximum Gasteiger partial charge on any atom is 0 e. The molecule has 1 heterocycles. The molecule has 0 spiro atoms. The third-order valence-electron chi connectivity index (χ3n) is 1.53. The average Bonchev–Trinajstić information content (AvgIpc) is 2.71. The first-order chi connectivity index (χ1) is 6.86. The van der Waals surface area contributed by atoms with Crippen LogP contribution in [0.2, 0.25) is 0 Å². The molecule has 0 atom stereocenters. The monoisotopic (exact) mass is 378 g/mol. The van der Waals surface area contributed by atoms with E-state index in [0.29, 0.717) is 0 Å². The minimum Gasteiger partial charge on any atom is -0.344 e. The van der Waals surface area contributed by atoms with Gasteiger partial charge >= 0.3 is 0 Å². The van der Waals surface area contributed by atoms with Gasteiger partial charge in [-0.25, -0.2) is 0 Å². The molecule has 1 aromatic carbocycles. The first-order valence-electron chi connectivity index (χ1n) is 5.19. The summed E-state index contributed by atoms with van der Waals surface area (Å²) in [6.07, 6.45) is 2.85. The van der Waals surface area contributed by atoms with Crippen molar-refractivity contribution >= 4 is 10.9 Å². The van der Waals surface area contributed by atoms with Gasteiger partial charge < -0.3 is 5.10 Å². The molecule has 0 aliphatic heterocycles. The molecule has 2 nitrogen and oxygen atoms in total. The van der Waals surface area contributed by atoms with Gasteiger partial charge in [0, 0.05) is 20.4 Å². The number of nitrogens with zero attached hydrogens (tertiary/aromatic N) is 1. The van der Waals surface area contributed by atoms with Gasteiger partial charge in [0.15, 0.2) is 0 Å². The van der Waals surface area contributed by atoms with Gasteiger partial charge in [-0.2, -0.15) is 6.07 Å². The van der Waals surface area contributed by atoms with Crippen LogP contribution >= 0.6 is 0 Å². The molecule has 0 saturated heterocycles. The summed E-state index contributed by atoms with van der Waals surface area (Å²) in [4.78, 5) is 0. The second kappa shape index (κ2) is 9.89. The number of aromatic nitrogens is 2. The van der Waals surface area contributed by atoms with Crippen LogP contribution in [0.3, 0.4) is 0 Å². The molecule has 0 saturated carbocycles. The van der Waals surface area contributed by atoms with Crippen LogP contribution in [0.15, 0.2) is 18.2 Å². The standard InChI is InChI=1S/C8H7N2.2C2H6.Re/c1-6-2-3-8-7(4-6)5-9-10-8;2*1-2;/h2-4H,1H3,(H,9,10);2*1-2H3;/q-1;;;. The van der Waals surface area contributed by atoms with Gasteiger partial charge in [-0.05, 0) is 11.7 Å². The van der Waals surface area contributed by atoms with Gasteiger partial charge in [0.05, 0.1) is 0 Å². The van der Waals surface area contributed by atoms with Gasteiger partial charge in [0.1, 0.15) is 0 Å². The predicted molar refractivity (Wildman–Crippen MR) is 62.4 cm³/mol. The third-order valence-corrected chi connectivity index (χ3v) is 1.53. The molecular weight excluding hydrogens is 358 g/mol. The molecule has 0 fully saturated rings. The Balaban J connectivity index is 0. The number of hydrogen-bond acceptors (Lipinski definition) is 1. The van der Waals surface area contributed by atoms with E-state index in [1.165, 1.54) is 5.56 Å². The number of rotatable bonds is 0. The predicted octanol–water partition coefficient (Wildman–Crippen LogP) is 3.72. The van der Waals surface area contributed by atoms with Crippen LogP contribution in [0.4, 0.5) is 0 Å². The summed E-state index contributed by atoms with van der Waals surface area (Å²) >= 11 is 0. The second-order valence-electron chi connectivity index (χ2n) is 2.38. The zero-order valence-electron chi connectivity index (χ0n) is 10.1. The van der Waals surface area contributed by atoms with Crippen molar-refractivity contribution in [3.05, 3.63) is 30.0 Å². The summed E-state index contributed by atoms with van der Waals surface area (Å²) in [5, 5.41) is 7.69. The Bertz CT molecular complexity index is 355. The quantitative estimate of drug-likeness (QED) is 0.697. The van der Waals surface area contributed by atoms with Gasteiger partial charge in [0.2, 0.25) is 0 Å². The molecule has 3 heteroatoms. The van der Waals surface area contributed by atoms with Crippen LogP contribution in [0.25, 0.3) is 10.9 Å². The Morgan fingerprint density at radius 1 is 1.13 bits per heavy atom. The summed E-state index contributed by atoms with van der Waals surface area (Å²) in [6.45, 7) is 10.1. The van der Waals surface area contributed by atoms with Crippen molar-refractivity contribution in [2.75, 3.05) is 0 Å². The minimum absolute atomic E-state index is 0. The van der Waals surface area contributed by atoms with Crippen molar-refractivity contribution in [1.82, 2.24) is 10.2 Å². The fourth-order valence-corrected chi connectivity index (χ4v) is 0.996. The molecule has 0 aliphatic carbocycles. The zero-order chi connectivity index (χ0) is 11.0. The van der Waals surface area contributed by atoms with Crippen LogP contribution in [0.5, 0.6) is 0 Å². The molecule has 2 aromatic rings. The molecule has 0 aliphatic rings. The van der Waals surface area contributed by atoms with E-state index in [-0.39, 0.29) is 20.4 Å². The van der Waals surface area contributed by atoms with E-state index in [0.717, 1.165) is 10.9 Å². The second-order valence-corrected chi connectivity index (χ2v) is 2.38.